The van der Waals surface area contributed by atoms with Crippen molar-refractivity contribution in [3.63, 3.8) is 0 Å². The topological polar surface area (TPSA) is 40.5 Å². The molecule has 2 N–H and O–H groups in total. The van der Waals surface area contributed by atoms with Crippen LogP contribution in [0.3, 0.4) is 0 Å². The van der Waals surface area contributed by atoms with Crippen LogP contribution in [0.4, 0.5) is 0 Å². The standard InChI is InChI=1S/C24H24Cl2O2S/c1-3-5-19(27)15-23(25)17-7-11-21(12-8-17)29-22-13-9-18(10-14-22)24(26)16-20(28)6-4-2/h3-4,7-16,19-20,27-28H,1-2,5-6H2/b23-15-,24-16-. The summed E-state index contributed by atoms with van der Waals surface area (Å²) in [4.78, 5) is 2.14. The molecule has 29 heavy (non-hydrogen) atoms. The van der Waals surface area contributed by atoms with Crippen molar-refractivity contribution in [2.45, 2.75) is 34.8 Å². The van der Waals surface area contributed by atoms with Gasteiger partial charge in [0.25, 0.3) is 0 Å². The monoisotopic (exact) mass is 446 g/mol. The Morgan fingerprint density at radius 3 is 1.41 bits per heavy atom. The highest BCUT2D eigenvalue weighted by Crippen LogP contribution is 2.31. The van der Waals surface area contributed by atoms with E-state index >= 15 is 0 Å². The van der Waals surface area contributed by atoms with Gasteiger partial charge < -0.3 is 10.2 Å². The van der Waals surface area contributed by atoms with Crippen molar-refractivity contribution in [1.82, 2.24) is 0 Å². The van der Waals surface area contributed by atoms with Gasteiger partial charge in [-0.1, -0.05) is 71.4 Å². The van der Waals surface area contributed by atoms with E-state index < -0.39 is 12.2 Å². The van der Waals surface area contributed by atoms with Gasteiger partial charge in [0.2, 0.25) is 0 Å². The third kappa shape index (κ3) is 7.88. The van der Waals surface area contributed by atoms with Gasteiger partial charge in [-0.3, -0.25) is 0 Å². The van der Waals surface area contributed by atoms with Crippen LogP contribution in [0.5, 0.6) is 0 Å². The van der Waals surface area contributed by atoms with Gasteiger partial charge in [-0.25, -0.2) is 0 Å². The van der Waals surface area contributed by atoms with E-state index in [0.717, 1.165) is 20.9 Å². The Kier molecular flexibility index (Phi) is 9.79. The van der Waals surface area contributed by atoms with Crippen molar-refractivity contribution in [2.24, 2.45) is 0 Å². The third-order valence-corrected chi connectivity index (χ3v) is 5.69. The Bertz CT molecular complexity index is 797. The van der Waals surface area contributed by atoms with Crippen LogP contribution in [0.15, 0.2) is 95.8 Å². The van der Waals surface area contributed by atoms with E-state index in [1.54, 1.807) is 36.1 Å². The Morgan fingerprint density at radius 1 is 0.759 bits per heavy atom. The minimum Gasteiger partial charge on any atom is -0.389 e. The molecule has 2 nitrogen and oxygen atoms in total. The highest BCUT2D eigenvalue weighted by molar-refractivity contribution is 7.99. The molecule has 2 aromatic carbocycles. The predicted molar refractivity (Wildman–Crippen MR) is 126 cm³/mol. The molecular weight excluding hydrogens is 423 g/mol. The molecule has 0 radical (unpaired) electrons. The van der Waals surface area contributed by atoms with Crippen molar-refractivity contribution < 1.29 is 10.2 Å². The van der Waals surface area contributed by atoms with Gasteiger partial charge in [0, 0.05) is 19.9 Å². The molecule has 2 rings (SSSR count). The van der Waals surface area contributed by atoms with Crippen LogP contribution in [0, 0.1) is 0 Å². The van der Waals surface area contributed by atoms with Gasteiger partial charge in [0.15, 0.2) is 0 Å². The second-order valence-corrected chi connectivity index (χ2v) is 8.32. The van der Waals surface area contributed by atoms with E-state index in [-0.39, 0.29) is 0 Å². The van der Waals surface area contributed by atoms with Crippen molar-refractivity contribution >= 4 is 45.0 Å². The van der Waals surface area contributed by atoms with Crippen molar-refractivity contribution in [1.29, 1.82) is 0 Å². The molecule has 2 atom stereocenters. The highest BCUT2D eigenvalue weighted by Gasteiger charge is 2.06. The molecule has 0 saturated carbocycles. The van der Waals surface area contributed by atoms with Gasteiger partial charge in [0.05, 0.1) is 12.2 Å². The first kappa shape index (κ1) is 23.5. The largest absolute Gasteiger partial charge is 0.389 e. The van der Waals surface area contributed by atoms with Crippen LogP contribution in [0.2, 0.25) is 0 Å². The fraction of sp³-hybridized carbons (Fsp3) is 0.167. The first-order chi connectivity index (χ1) is 13.9. The number of aliphatic hydroxyl groups excluding tert-OH is 2. The highest BCUT2D eigenvalue weighted by atomic mass is 35.5. The maximum atomic E-state index is 9.80. The quantitative estimate of drug-likeness (QED) is 0.391. The summed E-state index contributed by atoms with van der Waals surface area (Å²) in [6.07, 6.45) is 6.21. The lowest BCUT2D eigenvalue weighted by atomic mass is 10.1. The molecule has 0 fully saturated rings. The molecule has 2 unspecified atom stereocenters. The smallest absolute Gasteiger partial charge is 0.0772 e. The van der Waals surface area contributed by atoms with Crippen LogP contribution in [0.25, 0.3) is 10.1 Å². The number of halogens is 2. The fourth-order valence-electron chi connectivity index (χ4n) is 2.51. The summed E-state index contributed by atoms with van der Waals surface area (Å²) >= 11 is 14.2. The molecule has 0 aromatic heterocycles. The van der Waals surface area contributed by atoms with Crippen molar-refractivity contribution in [3.05, 3.63) is 97.1 Å². The maximum Gasteiger partial charge on any atom is 0.0772 e. The molecule has 0 spiro atoms. The molecule has 0 amide bonds. The average molecular weight is 447 g/mol. The minimum absolute atomic E-state index is 0.465. The molecule has 0 heterocycles. The van der Waals surface area contributed by atoms with Crippen molar-refractivity contribution in [2.75, 3.05) is 0 Å². The molecule has 0 aliphatic heterocycles. The number of hydrogen-bond donors (Lipinski definition) is 2. The number of benzene rings is 2. The molecule has 152 valence electrons. The van der Waals surface area contributed by atoms with Gasteiger partial charge >= 0.3 is 0 Å². The molecular formula is C24H24Cl2O2S. The summed E-state index contributed by atoms with van der Waals surface area (Å²) in [5, 5.41) is 20.6. The van der Waals surface area contributed by atoms with Crippen LogP contribution < -0.4 is 0 Å². The second kappa shape index (κ2) is 12.1. The Balaban J connectivity index is 2.03. The number of aliphatic hydroxyl groups is 2. The molecule has 0 aliphatic carbocycles. The third-order valence-electron chi connectivity index (χ3n) is 3.99. The zero-order chi connectivity index (χ0) is 21.2. The SMILES string of the molecule is C=CCC(O)/C=C(\Cl)c1ccc(Sc2ccc(/C(Cl)=C/C(O)CC=C)cc2)cc1. The summed E-state index contributed by atoms with van der Waals surface area (Å²) < 4.78 is 0. The average Bonchev–Trinajstić information content (AvgIpc) is 2.69. The van der Waals surface area contributed by atoms with E-state index in [9.17, 15) is 10.2 Å². The predicted octanol–water partition coefficient (Wildman–Crippen LogP) is 6.87. The summed E-state index contributed by atoms with van der Waals surface area (Å²) in [6, 6.07) is 15.7. The molecule has 2 aromatic rings. The van der Waals surface area contributed by atoms with Crippen LogP contribution in [-0.2, 0) is 0 Å². The Labute approximate surface area is 186 Å². The maximum absolute atomic E-state index is 9.80. The van der Waals surface area contributed by atoms with E-state index in [1.165, 1.54) is 0 Å². The van der Waals surface area contributed by atoms with Crippen molar-refractivity contribution in [3.8, 4) is 0 Å². The Hall–Kier alpha value is -1.75. The van der Waals surface area contributed by atoms with E-state index in [1.807, 2.05) is 48.5 Å². The van der Waals surface area contributed by atoms with Crippen LogP contribution >= 0.6 is 35.0 Å². The normalized spacial score (nSPS) is 14.3. The zero-order valence-electron chi connectivity index (χ0n) is 16.0. The van der Waals surface area contributed by atoms with Gasteiger partial charge in [0.1, 0.15) is 0 Å². The second-order valence-electron chi connectivity index (χ2n) is 6.36. The lowest BCUT2D eigenvalue weighted by Gasteiger charge is -2.07. The molecule has 0 saturated heterocycles. The molecule has 0 bridgehead atoms. The summed E-state index contributed by atoms with van der Waals surface area (Å²) in [5.74, 6) is 0. The summed E-state index contributed by atoms with van der Waals surface area (Å²) in [6.45, 7) is 7.21. The van der Waals surface area contributed by atoms with Crippen LogP contribution in [0.1, 0.15) is 24.0 Å². The first-order valence-corrected chi connectivity index (χ1v) is 10.7. The number of rotatable bonds is 10. The zero-order valence-corrected chi connectivity index (χ0v) is 18.3. The molecule has 0 aliphatic rings. The van der Waals surface area contributed by atoms with Crippen LogP contribution in [-0.4, -0.2) is 22.4 Å². The minimum atomic E-state index is -0.633. The number of hydrogen-bond acceptors (Lipinski definition) is 3. The summed E-state index contributed by atoms with van der Waals surface area (Å²) in [5.41, 5.74) is 1.70. The van der Waals surface area contributed by atoms with E-state index in [4.69, 9.17) is 23.2 Å². The lowest BCUT2D eigenvalue weighted by molar-refractivity contribution is 0.227. The van der Waals surface area contributed by atoms with Gasteiger partial charge in [-0.2, -0.15) is 0 Å². The fourth-order valence-corrected chi connectivity index (χ4v) is 3.87. The lowest BCUT2D eigenvalue weighted by Crippen LogP contribution is -1.99. The van der Waals surface area contributed by atoms with E-state index in [0.29, 0.717) is 22.9 Å². The first-order valence-electron chi connectivity index (χ1n) is 9.14. The van der Waals surface area contributed by atoms with Gasteiger partial charge in [-0.05, 0) is 60.4 Å². The van der Waals surface area contributed by atoms with E-state index in [2.05, 4.69) is 13.2 Å². The Morgan fingerprint density at radius 2 is 1.10 bits per heavy atom. The summed E-state index contributed by atoms with van der Waals surface area (Å²) in [7, 11) is 0. The van der Waals surface area contributed by atoms with Gasteiger partial charge in [-0.15, -0.1) is 13.2 Å². The molecule has 5 heteroatoms.